The van der Waals surface area contributed by atoms with Crippen LogP contribution in [0.3, 0.4) is 0 Å². The highest BCUT2D eigenvalue weighted by Crippen LogP contribution is 2.27. The lowest BCUT2D eigenvalue weighted by Gasteiger charge is -2.22. The number of hydroxylamine groups is 1. The lowest BCUT2D eigenvalue weighted by Crippen LogP contribution is -2.22. The number of aliphatic hydroxyl groups is 1. The molecule has 1 aliphatic heterocycles. The van der Waals surface area contributed by atoms with E-state index < -0.39 is 0 Å². The van der Waals surface area contributed by atoms with E-state index in [2.05, 4.69) is 0 Å². The molecule has 2 N–H and O–H groups in total. The molecule has 0 saturated carbocycles. The number of fused-ring (bicyclic) bond motifs is 1. The molecule has 2 rings (SSSR count). The van der Waals surface area contributed by atoms with E-state index in [1.54, 1.807) is 18.2 Å². The van der Waals surface area contributed by atoms with Gasteiger partial charge in [-0.1, -0.05) is 12.1 Å². The van der Waals surface area contributed by atoms with Crippen LogP contribution < -0.4 is 5.06 Å². The van der Waals surface area contributed by atoms with Crippen molar-refractivity contribution in [3.8, 4) is 0 Å². The van der Waals surface area contributed by atoms with E-state index in [1.807, 2.05) is 12.1 Å². The van der Waals surface area contributed by atoms with Gasteiger partial charge in [-0.3, -0.25) is 10.3 Å². The van der Waals surface area contributed by atoms with Gasteiger partial charge in [-0.05, 0) is 18.2 Å². The zero-order chi connectivity index (χ0) is 8.55. The van der Waals surface area contributed by atoms with Crippen molar-refractivity contribution in [2.45, 2.75) is 0 Å². The molecule has 1 heterocycles. The predicted octanol–water partition coefficient (Wildman–Crippen LogP) is 1.79. The molecule has 0 fully saturated rings. The molecule has 0 aliphatic carbocycles. The van der Waals surface area contributed by atoms with E-state index in [0.717, 1.165) is 5.06 Å². The van der Waals surface area contributed by atoms with Gasteiger partial charge in [0.2, 0.25) is 0 Å². The van der Waals surface area contributed by atoms with E-state index in [0.29, 0.717) is 17.8 Å². The van der Waals surface area contributed by atoms with Crippen molar-refractivity contribution in [3.05, 3.63) is 35.9 Å². The summed E-state index contributed by atoms with van der Waals surface area (Å²) < 4.78 is 0. The molecule has 0 spiro atoms. The van der Waals surface area contributed by atoms with Gasteiger partial charge in [0, 0.05) is 5.56 Å². The first-order valence-electron chi connectivity index (χ1n) is 3.74. The highest BCUT2D eigenvalue weighted by Gasteiger charge is 2.15. The topological polar surface area (TPSA) is 43.7 Å². The molecule has 1 aromatic rings. The van der Waals surface area contributed by atoms with Gasteiger partial charge in [0.15, 0.2) is 0 Å². The minimum Gasteiger partial charge on any atom is -0.508 e. The molecule has 0 aromatic heterocycles. The van der Waals surface area contributed by atoms with Crippen LogP contribution in [0.25, 0.3) is 5.76 Å². The lowest BCUT2D eigenvalue weighted by atomic mass is 10.1. The summed E-state index contributed by atoms with van der Waals surface area (Å²) in [6.45, 7) is 0.336. The Balaban J connectivity index is 2.58. The van der Waals surface area contributed by atoms with E-state index in [-0.39, 0.29) is 5.76 Å². The second-order valence-electron chi connectivity index (χ2n) is 2.69. The van der Waals surface area contributed by atoms with Crippen molar-refractivity contribution in [2.75, 3.05) is 11.6 Å². The standard InChI is InChI=1S/C9H9NO2/c11-9-5-6-10(12)8-4-2-1-3-7(8)9/h1-5,11-12H,6H2. The monoisotopic (exact) mass is 163 g/mol. The Morgan fingerprint density at radius 3 is 2.75 bits per heavy atom. The Labute approximate surface area is 70.1 Å². The van der Waals surface area contributed by atoms with Gasteiger partial charge in [-0.25, -0.2) is 0 Å². The smallest absolute Gasteiger partial charge is 0.122 e. The third-order valence-electron chi connectivity index (χ3n) is 1.92. The van der Waals surface area contributed by atoms with Gasteiger partial charge in [0.05, 0.1) is 12.2 Å². The van der Waals surface area contributed by atoms with Gasteiger partial charge in [0.25, 0.3) is 0 Å². The number of nitrogens with zero attached hydrogens (tertiary/aromatic N) is 1. The lowest BCUT2D eigenvalue weighted by molar-refractivity contribution is 0.263. The predicted molar refractivity (Wildman–Crippen MR) is 46.2 cm³/mol. The van der Waals surface area contributed by atoms with Crippen molar-refractivity contribution in [1.29, 1.82) is 0 Å². The van der Waals surface area contributed by atoms with Crippen LogP contribution >= 0.6 is 0 Å². The average molecular weight is 163 g/mol. The molecule has 0 unspecified atom stereocenters. The van der Waals surface area contributed by atoms with E-state index in [4.69, 9.17) is 0 Å². The second kappa shape index (κ2) is 2.53. The van der Waals surface area contributed by atoms with Gasteiger partial charge < -0.3 is 5.11 Å². The summed E-state index contributed by atoms with van der Waals surface area (Å²) in [5, 5.41) is 19.9. The summed E-state index contributed by atoms with van der Waals surface area (Å²) >= 11 is 0. The molecule has 0 atom stereocenters. The Morgan fingerprint density at radius 1 is 1.25 bits per heavy atom. The van der Waals surface area contributed by atoms with Crippen molar-refractivity contribution >= 4 is 11.4 Å². The minimum absolute atomic E-state index is 0.232. The van der Waals surface area contributed by atoms with Crippen LogP contribution in [0.1, 0.15) is 5.56 Å². The first-order valence-corrected chi connectivity index (χ1v) is 3.74. The number of rotatable bonds is 0. The van der Waals surface area contributed by atoms with Crippen molar-refractivity contribution in [1.82, 2.24) is 0 Å². The maximum Gasteiger partial charge on any atom is 0.122 e. The fourth-order valence-electron chi connectivity index (χ4n) is 1.30. The number of hydrogen-bond acceptors (Lipinski definition) is 3. The number of anilines is 1. The van der Waals surface area contributed by atoms with Crippen LogP contribution in [0.4, 0.5) is 5.69 Å². The minimum atomic E-state index is 0.232. The first kappa shape index (κ1) is 7.18. The summed E-state index contributed by atoms with van der Waals surface area (Å²) in [5.74, 6) is 0.232. The van der Waals surface area contributed by atoms with Crippen LogP contribution in [0.5, 0.6) is 0 Å². The number of aliphatic hydroxyl groups excluding tert-OH is 1. The Hall–Kier alpha value is -1.48. The summed E-state index contributed by atoms with van der Waals surface area (Å²) in [4.78, 5) is 0. The third kappa shape index (κ3) is 0.950. The van der Waals surface area contributed by atoms with E-state index in [1.165, 1.54) is 0 Å². The molecule has 0 radical (unpaired) electrons. The van der Waals surface area contributed by atoms with Crippen LogP contribution in [0, 0.1) is 0 Å². The first-order chi connectivity index (χ1) is 5.79. The fraction of sp³-hybridized carbons (Fsp3) is 0.111. The van der Waals surface area contributed by atoms with Gasteiger partial charge in [-0.2, -0.15) is 0 Å². The van der Waals surface area contributed by atoms with Crippen LogP contribution in [-0.4, -0.2) is 16.9 Å². The number of benzene rings is 1. The molecular formula is C9H9NO2. The maximum absolute atomic E-state index is 9.40. The van der Waals surface area contributed by atoms with Crippen molar-refractivity contribution < 1.29 is 10.3 Å². The molecule has 3 heteroatoms. The molecular weight excluding hydrogens is 154 g/mol. The zero-order valence-electron chi connectivity index (χ0n) is 6.44. The third-order valence-corrected chi connectivity index (χ3v) is 1.92. The summed E-state index contributed by atoms with van der Waals surface area (Å²) in [6, 6.07) is 7.17. The molecule has 0 amide bonds. The van der Waals surface area contributed by atoms with E-state index >= 15 is 0 Å². The molecule has 62 valence electrons. The van der Waals surface area contributed by atoms with Crippen LogP contribution in [0.15, 0.2) is 30.3 Å². The van der Waals surface area contributed by atoms with Crippen molar-refractivity contribution in [2.24, 2.45) is 0 Å². The molecule has 0 saturated heterocycles. The second-order valence-corrected chi connectivity index (χ2v) is 2.69. The highest BCUT2D eigenvalue weighted by atomic mass is 16.5. The molecule has 1 aromatic carbocycles. The van der Waals surface area contributed by atoms with Crippen LogP contribution in [-0.2, 0) is 0 Å². The number of para-hydroxylation sites is 1. The van der Waals surface area contributed by atoms with Crippen molar-refractivity contribution in [3.63, 3.8) is 0 Å². The van der Waals surface area contributed by atoms with Gasteiger partial charge in [0.1, 0.15) is 5.76 Å². The molecule has 0 bridgehead atoms. The molecule has 12 heavy (non-hydrogen) atoms. The highest BCUT2D eigenvalue weighted by molar-refractivity contribution is 5.74. The van der Waals surface area contributed by atoms with Crippen LogP contribution in [0.2, 0.25) is 0 Å². The summed E-state index contributed by atoms with van der Waals surface area (Å²) in [5.41, 5.74) is 1.32. The Bertz CT molecular complexity index is 333. The molecule has 3 nitrogen and oxygen atoms in total. The maximum atomic E-state index is 9.40. The van der Waals surface area contributed by atoms with Gasteiger partial charge >= 0.3 is 0 Å². The quantitative estimate of drug-likeness (QED) is 0.612. The Morgan fingerprint density at radius 2 is 2.00 bits per heavy atom. The zero-order valence-corrected chi connectivity index (χ0v) is 6.44. The number of hydrogen-bond donors (Lipinski definition) is 2. The summed E-state index contributed by atoms with van der Waals surface area (Å²) in [7, 11) is 0. The Kier molecular flexibility index (Phi) is 1.52. The molecule has 1 aliphatic rings. The largest absolute Gasteiger partial charge is 0.508 e. The van der Waals surface area contributed by atoms with Gasteiger partial charge in [-0.15, -0.1) is 0 Å². The average Bonchev–Trinajstić information content (AvgIpc) is 2.12. The normalized spacial score (nSPS) is 15.4. The fourth-order valence-corrected chi connectivity index (χ4v) is 1.30. The summed E-state index contributed by atoms with van der Waals surface area (Å²) in [6.07, 6.45) is 1.57. The SMILES string of the molecule is OC1=CCN(O)c2ccccc21. The van der Waals surface area contributed by atoms with E-state index in [9.17, 15) is 10.3 Å².